The third-order valence-electron chi connectivity index (χ3n) is 4.10. The quantitative estimate of drug-likeness (QED) is 0.780. The molecule has 0 spiro atoms. The lowest BCUT2D eigenvalue weighted by atomic mass is 10.1. The molecule has 0 aromatic heterocycles. The SMILES string of the molecule is COc1ccc(C(=O)NCC(=O)Nc2c(C)cccc2C)c(OC)c1OC. The van der Waals surface area contributed by atoms with E-state index in [0.717, 1.165) is 16.8 Å². The van der Waals surface area contributed by atoms with Crippen LogP contribution >= 0.6 is 0 Å². The van der Waals surface area contributed by atoms with Gasteiger partial charge in [-0.15, -0.1) is 0 Å². The standard InChI is InChI=1S/C20H24N2O5/c1-12-7-6-8-13(2)17(12)22-16(23)11-21-20(24)14-9-10-15(25-3)19(27-5)18(14)26-4/h6-10H,11H2,1-5H3,(H,21,24)(H,22,23). The first-order valence-corrected chi connectivity index (χ1v) is 8.36. The van der Waals surface area contributed by atoms with E-state index in [1.165, 1.54) is 21.3 Å². The average molecular weight is 372 g/mol. The van der Waals surface area contributed by atoms with Gasteiger partial charge in [0.1, 0.15) is 0 Å². The van der Waals surface area contributed by atoms with Gasteiger partial charge in [-0.3, -0.25) is 9.59 Å². The molecule has 0 atom stereocenters. The molecule has 0 unspecified atom stereocenters. The van der Waals surface area contributed by atoms with Gasteiger partial charge in [-0.25, -0.2) is 0 Å². The first kappa shape index (κ1) is 20.1. The Morgan fingerprint density at radius 3 is 2.07 bits per heavy atom. The van der Waals surface area contributed by atoms with Crippen molar-refractivity contribution in [3.63, 3.8) is 0 Å². The Morgan fingerprint density at radius 2 is 1.52 bits per heavy atom. The lowest BCUT2D eigenvalue weighted by Gasteiger charge is -2.16. The number of ether oxygens (including phenoxy) is 3. The van der Waals surface area contributed by atoms with Crippen LogP contribution in [0.5, 0.6) is 17.2 Å². The molecular weight excluding hydrogens is 348 g/mol. The van der Waals surface area contributed by atoms with Crippen molar-refractivity contribution >= 4 is 17.5 Å². The van der Waals surface area contributed by atoms with Crippen LogP contribution in [0.1, 0.15) is 21.5 Å². The van der Waals surface area contributed by atoms with Crippen molar-refractivity contribution in [1.29, 1.82) is 0 Å². The summed E-state index contributed by atoms with van der Waals surface area (Å²) in [6.45, 7) is 3.65. The van der Waals surface area contributed by atoms with Gasteiger partial charge in [0.25, 0.3) is 5.91 Å². The minimum absolute atomic E-state index is 0.176. The summed E-state index contributed by atoms with van der Waals surface area (Å²) in [5.74, 6) is 0.223. The Balaban J connectivity index is 2.10. The molecule has 0 fully saturated rings. The third-order valence-corrected chi connectivity index (χ3v) is 4.10. The summed E-state index contributed by atoms with van der Waals surface area (Å²) in [5.41, 5.74) is 2.91. The van der Waals surface area contributed by atoms with Crippen LogP contribution in [0.2, 0.25) is 0 Å². The first-order chi connectivity index (χ1) is 12.9. The lowest BCUT2D eigenvalue weighted by Crippen LogP contribution is -2.33. The predicted octanol–water partition coefficient (Wildman–Crippen LogP) is 2.70. The van der Waals surface area contributed by atoms with Crippen molar-refractivity contribution in [3.8, 4) is 17.2 Å². The van der Waals surface area contributed by atoms with Gasteiger partial charge in [0, 0.05) is 5.69 Å². The van der Waals surface area contributed by atoms with Gasteiger partial charge in [-0.1, -0.05) is 18.2 Å². The van der Waals surface area contributed by atoms with Gasteiger partial charge >= 0.3 is 0 Å². The van der Waals surface area contributed by atoms with Crippen LogP contribution < -0.4 is 24.8 Å². The van der Waals surface area contributed by atoms with Crippen molar-refractivity contribution in [2.24, 2.45) is 0 Å². The van der Waals surface area contributed by atoms with Gasteiger partial charge in [-0.2, -0.15) is 0 Å². The molecule has 27 heavy (non-hydrogen) atoms. The molecule has 0 saturated heterocycles. The molecule has 0 radical (unpaired) electrons. The van der Waals surface area contributed by atoms with E-state index in [1.807, 2.05) is 32.0 Å². The topological polar surface area (TPSA) is 85.9 Å². The Bertz CT molecular complexity index is 828. The van der Waals surface area contributed by atoms with E-state index in [2.05, 4.69) is 10.6 Å². The average Bonchev–Trinajstić information content (AvgIpc) is 2.67. The summed E-state index contributed by atoms with van der Waals surface area (Å²) < 4.78 is 15.8. The Hall–Kier alpha value is -3.22. The van der Waals surface area contributed by atoms with Crippen LogP contribution in [-0.2, 0) is 4.79 Å². The highest BCUT2D eigenvalue weighted by molar-refractivity contribution is 6.02. The van der Waals surface area contributed by atoms with Crippen molar-refractivity contribution in [1.82, 2.24) is 5.32 Å². The maximum atomic E-state index is 12.5. The molecule has 2 amide bonds. The second kappa shape index (κ2) is 8.93. The van der Waals surface area contributed by atoms with E-state index in [-0.39, 0.29) is 23.8 Å². The highest BCUT2D eigenvalue weighted by Gasteiger charge is 2.21. The van der Waals surface area contributed by atoms with Crippen molar-refractivity contribution in [2.75, 3.05) is 33.2 Å². The Labute approximate surface area is 158 Å². The minimum atomic E-state index is -0.454. The highest BCUT2D eigenvalue weighted by atomic mass is 16.5. The molecule has 144 valence electrons. The molecule has 0 aliphatic heterocycles. The number of anilines is 1. The number of aryl methyl sites for hydroxylation is 2. The van der Waals surface area contributed by atoms with Crippen molar-refractivity contribution in [2.45, 2.75) is 13.8 Å². The summed E-state index contributed by atoms with van der Waals surface area (Å²) in [7, 11) is 4.39. The molecular formula is C20H24N2O5. The van der Waals surface area contributed by atoms with E-state index in [0.29, 0.717) is 11.5 Å². The second-order valence-corrected chi connectivity index (χ2v) is 5.88. The number of para-hydroxylation sites is 1. The molecule has 2 N–H and O–H groups in total. The minimum Gasteiger partial charge on any atom is -0.493 e. The number of benzene rings is 2. The number of hydrogen-bond donors (Lipinski definition) is 2. The number of methoxy groups -OCH3 is 3. The van der Waals surface area contributed by atoms with Crippen LogP contribution in [0.4, 0.5) is 5.69 Å². The molecule has 0 aliphatic rings. The largest absolute Gasteiger partial charge is 0.493 e. The fourth-order valence-electron chi connectivity index (χ4n) is 2.73. The summed E-state index contributed by atoms with van der Waals surface area (Å²) >= 11 is 0. The summed E-state index contributed by atoms with van der Waals surface area (Å²) in [4.78, 5) is 24.7. The van der Waals surface area contributed by atoms with E-state index in [9.17, 15) is 9.59 Å². The van der Waals surface area contributed by atoms with Crippen LogP contribution in [0.25, 0.3) is 0 Å². The third kappa shape index (κ3) is 4.49. The molecule has 2 rings (SSSR count). The second-order valence-electron chi connectivity index (χ2n) is 5.88. The zero-order chi connectivity index (χ0) is 20.0. The first-order valence-electron chi connectivity index (χ1n) is 8.36. The lowest BCUT2D eigenvalue weighted by molar-refractivity contribution is -0.115. The smallest absolute Gasteiger partial charge is 0.255 e. The van der Waals surface area contributed by atoms with Gasteiger partial charge in [0.05, 0.1) is 33.4 Å². The van der Waals surface area contributed by atoms with Crippen LogP contribution in [0, 0.1) is 13.8 Å². The van der Waals surface area contributed by atoms with Crippen LogP contribution in [-0.4, -0.2) is 39.7 Å². The summed E-state index contributed by atoms with van der Waals surface area (Å²) in [6, 6.07) is 8.91. The van der Waals surface area contributed by atoms with Gasteiger partial charge in [0.15, 0.2) is 11.5 Å². The molecule has 2 aromatic carbocycles. The van der Waals surface area contributed by atoms with Crippen molar-refractivity contribution < 1.29 is 23.8 Å². The predicted molar refractivity (Wildman–Crippen MR) is 103 cm³/mol. The number of carbonyl (C=O) groups is 2. The molecule has 0 bridgehead atoms. The molecule has 0 saturated carbocycles. The normalized spacial score (nSPS) is 10.1. The number of hydrogen-bond acceptors (Lipinski definition) is 5. The fourth-order valence-corrected chi connectivity index (χ4v) is 2.73. The Morgan fingerprint density at radius 1 is 0.889 bits per heavy atom. The van der Waals surface area contributed by atoms with E-state index >= 15 is 0 Å². The maximum Gasteiger partial charge on any atom is 0.255 e. The molecule has 0 heterocycles. The van der Waals surface area contributed by atoms with Crippen LogP contribution in [0.15, 0.2) is 30.3 Å². The monoisotopic (exact) mass is 372 g/mol. The zero-order valence-corrected chi connectivity index (χ0v) is 16.1. The Kier molecular flexibility index (Phi) is 6.65. The van der Waals surface area contributed by atoms with E-state index < -0.39 is 5.91 Å². The maximum absolute atomic E-state index is 12.5. The number of carbonyl (C=O) groups excluding carboxylic acids is 2. The molecule has 7 heteroatoms. The highest BCUT2D eigenvalue weighted by Crippen LogP contribution is 2.39. The fraction of sp³-hybridized carbons (Fsp3) is 0.300. The van der Waals surface area contributed by atoms with Crippen LogP contribution in [0.3, 0.4) is 0 Å². The van der Waals surface area contributed by atoms with E-state index in [4.69, 9.17) is 14.2 Å². The summed E-state index contributed by atoms with van der Waals surface area (Å²) in [5, 5.41) is 5.42. The van der Waals surface area contributed by atoms with Crippen molar-refractivity contribution in [3.05, 3.63) is 47.0 Å². The summed E-state index contributed by atoms with van der Waals surface area (Å²) in [6.07, 6.45) is 0. The van der Waals surface area contributed by atoms with Gasteiger partial charge in [0.2, 0.25) is 11.7 Å². The van der Waals surface area contributed by atoms with Gasteiger partial charge in [-0.05, 0) is 37.1 Å². The zero-order valence-electron chi connectivity index (χ0n) is 16.1. The number of nitrogens with one attached hydrogen (secondary N) is 2. The molecule has 7 nitrogen and oxygen atoms in total. The van der Waals surface area contributed by atoms with Gasteiger partial charge < -0.3 is 24.8 Å². The number of amides is 2. The number of rotatable bonds is 7. The molecule has 0 aliphatic carbocycles. The molecule has 2 aromatic rings. The van der Waals surface area contributed by atoms with E-state index in [1.54, 1.807) is 12.1 Å².